The summed E-state index contributed by atoms with van der Waals surface area (Å²) in [5.74, 6) is -0.278. The minimum Gasteiger partial charge on any atom is -0.338 e. The van der Waals surface area contributed by atoms with Crippen molar-refractivity contribution in [1.29, 1.82) is 0 Å². The second-order valence-corrected chi connectivity index (χ2v) is 4.07. The summed E-state index contributed by atoms with van der Waals surface area (Å²) in [5.41, 5.74) is 5.76. The molecule has 2 atom stereocenters. The largest absolute Gasteiger partial charge is 0.338 e. The van der Waals surface area contributed by atoms with Gasteiger partial charge in [0.05, 0.1) is 6.04 Å². The number of amides is 3. The lowest BCUT2D eigenvalue weighted by molar-refractivity contribution is -0.124. The Labute approximate surface area is 95.5 Å². The van der Waals surface area contributed by atoms with Crippen LogP contribution in [0.1, 0.15) is 20.3 Å². The Balaban J connectivity index is 2.38. The van der Waals surface area contributed by atoms with E-state index >= 15 is 0 Å². The van der Waals surface area contributed by atoms with Crippen molar-refractivity contribution in [3.63, 3.8) is 0 Å². The first-order chi connectivity index (χ1) is 7.54. The third-order valence-corrected chi connectivity index (χ3v) is 2.76. The first-order valence-corrected chi connectivity index (χ1v) is 5.63. The molecule has 92 valence electrons. The second-order valence-electron chi connectivity index (χ2n) is 4.07. The van der Waals surface area contributed by atoms with E-state index in [1.165, 1.54) is 0 Å². The Bertz CT molecular complexity index is 270. The van der Waals surface area contributed by atoms with Crippen LogP contribution in [0.2, 0.25) is 0 Å². The molecule has 1 aliphatic rings. The summed E-state index contributed by atoms with van der Waals surface area (Å²) in [5, 5.41) is 4.82. The number of likely N-dealkylation sites (tertiary alicyclic amines) is 1. The van der Waals surface area contributed by atoms with Crippen molar-refractivity contribution in [1.82, 2.24) is 15.5 Å². The smallest absolute Gasteiger partial charge is 0.321 e. The molecule has 1 rings (SSSR count). The van der Waals surface area contributed by atoms with E-state index in [2.05, 4.69) is 10.6 Å². The van der Waals surface area contributed by atoms with Crippen LogP contribution in [-0.2, 0) is 4.79 Å². The zero-order chi connectivity index (χ0) is 12.1. The molecule has 1 aliphatic heterocycles. The van der Waals surface area contributed by atoms with Gasteiger partial charge in [-0.1, -0.05) is 0 Å². The van der Waals surface area contributed by atoms with Gasteiger partial charge in [-0.2, -0.15) is 0 Å². The van der Waals surface area contributed by atoms with Crippen molar-refractivity contribution < 1.29 is 9.59 Å². The van der Waals surface area contributed by atoms with Crippen LogP contribution in [0.15, 0.2) is 0 Å². The number of hydrogen-bond acceptors (Lipinski definition) is 4. The molecule has 0 aromatic heterocycles. The maximum atomic E-state index is 11.7. The molecule has 4 N–H and O–H groups in total. The van der Waals surface area contributed by atoms with Gasteiger partial charge in [-0.25, -0.2) is 4.79 Å². The zero-order valence-corrected chi connectivity index (χ0v) is 9.82. The summed E-state index contributed by atoms with van der Waals surface area (Å²) in [4.78, 5) is 24.8. The number of urea groups is 1. The monoisotopic (exact) mass is 228 g/mol. The van der Waals surface area contributed by atoms with Crippen LogP contribution in [0.4, 0.5) is 4.79 Å². The third-order valence-electron chi connectivity index (χ3n) is 2.76. The normalized spacial score (nSPS) is 22.8. The average Bonchev–Trinajstić information content (AvgIpc) is 2.64. The van der Waals surface area contributed by atoms with Crippen LogP contribution in [-0.4, -0.2) is 48.6 Å². The SMILES string of the molecule is CCNC(=O)NC(=O)C(C)N1CCC(N)C1. The number of carbonyl (C=O) groups is 2. The molecule has 1 saturated heterocycles. The van der Waals surface area contributed by atoms with Gasteiger partial charge in [0.1, 0.15) is 0 Å². The van der Waals surface area contributed by atoms with Crippen molar-refractivity contribution in [2.45, 2.75) is 32.4 Å². The summed E-state index contributed by atoms with van der Waals surface area (Å²) in [6, 6.07) is -0.612. The van der Waals surface area contributed by atoms with Crippen LogP contribution >= 0.6 is 0 Å². The molecule has 0 aromatic carbocycles. The lowest BCUT2D eigenvalue weighted by atomic mass is 10.3. The fraction of sp³-hybridized carbons (Fsp3) is 0.800. The Hall–Kier alpha value is -1.14. The molecule has 3 amide bonds. The Morgan fingerprint density at radius 1 is 1.56 bits per heavy atom. The van der Waals surface area contributed by atoms with Crippen LogP contribution in [0.3, 0.4) is 0 Å². The maximum Gasteiger partial charge on any atom is 0.321 e. The summed E-state index contributed by atoms with van der Waals surface area (Å²) < 4.78 is 0. The van der Waals surface area contributed by atoms with Crippen LogP contribution in [0.25, 0.3) is 0 Å². The number of carbonyl (C=O) groups excluding carboxylic acids is 2. The summed E-state index contributed by atoms with van der Waals surface area (Å²) >= 11 is 0. The molecule has 0 aliphatic carbocycles. The van der Waals surface area contributed by atoms with Gasteiger partial charge in [-0.15, -0.1) is 0 Å². The highest BCUT2D eigenvalue weighted by atomic mass is 16.2. The molecule has 0 saturated carbocycles. The van der Waals surface area contributed by atoms with Crippen molar-refractivity contribution >= 4 is 11.9 Å². The van der Waals surface area contributed by atoms with Crippen molar-refractivity contribution in [2.75, 3.05) is 19.6 Å². The maximum absolute atomic E-state index is 11.7. The number of nitrogens with two attached hydrogens (primary N) is 1. The van der Waals surface area contributed by atoms with Crippen LogP contribution < -0.4 is 16.4 Å². The van der Waals surface area contributed by atoms with E-state index in [0.29, 0.717) is 13.1 Å². The van der Waals surface area contributed by atoms with Crippen molar-refractivity contribution in [2.24, 2.45) is 5.73 Å². The van der Waals surface area contributed by atoms with Crippen LogP contribution in [0.5, 0.6) is 0 Å². The van der Waals surface area contributed by atoms with Gasteiger partial charge in [0.25, 0.3) is 0 Å². The molecular weight excluding hydrogens is 208 g/mol. The fourth-order valence-electron chi connectivity index (χ4n) is 1.75. The molecule has 0 spiro atoms. The summed E-state index contributed by atoms with van der Waals surface area (Å²) in [6.45, 7) is 5.61. The van der Waals surface area contributed by atoms with Gasteiger partial charge in [0.15, 0.2) is 0 Å². The standard InChI is InChI=1S/C10H20N4O2/c1-3-12-10(16)13-9(15)7(2)14-5-4-8(11)6-14/h7-8H,3-6,11H2,1-2H3,(H2,12,13,15,16). The molecule has 0 aromatic rings. The Kier molecular flexibility index (Phi) is 4.70. The van der Waals surface area contributed by atoms with E-state index in [1.54, 1.807) is 13.8 Å². The number of rotatable bonds is 3. The molecular formula is C10H20N4O2. The van der Waals surface area contributed by atoms with Crippen molar-refractivity contribution in [3.8, 4) is 0 Å². The minimum absolute atomic E-state index is 0.139. The lowest BCUT2D eigenvalue weighted by Crippen LogP contribution is -2.49. The van der Waals surface area contributed by atoms with Crippen LogP contribution in [0, 0.1) is 0 Å². The zero-order valence-electron chi connectivity index (χ0n) is 9.82. The summed E-state index contributed by atoms with van der Waals surface area (Å²) in [7, 11) is 0. The number of hydrogen-bond donors (Lipinski definition) is 3. The van der Waals surface area contributed by atoms with E-state index in [9.17, 15) is 9.59 Å². The number of nitrogens with zero attached hydrogens (tertiary/aromatic N) is 1. The molecule has 1 fully saturated rings. The first-order valence-electron chi connectivity index (χ1n) is 5.63. The lowest BCUT2D eigenvalue weighted by Gasteiger charge is -2.22. The van der Waals surface area contributed by atoms with Crippen molar-refractivity contribution in [3.05, 3.63) is 0 Å². The second kappa shape index (κ2) is 5.81. The Morgan fingerprint density at radius 2 is 2.25 bits per heavy atom. The van der Waals surface area contributed by atoms with Gasteiger partial charge in [-0.3, -0.25) is 15.0 Å². The molecule has 0 radical (unpaired) electrons. The number of nitrogens with one attached hydrogen (secondary N) is 2. The van der Waals surface area contributed by atoms with E-state index < -0.39 is 6.03 Å². The highest BCUT2D eigenvalue weighted by Gasteiger charge is 2.28. The minimum atomic E-state index is -0.442. The van der Waals surface area contributed by atoms with Gasteiger partial charge >= 0.3 is 6.03 Å². The van der Waals surface area contributed by atoms with Gasteiger partial charge in [0, 0.05) is 25.7 Å². The van der Waals surface area contributed by atoms with E-state index in [1.807, 2.05) is 4.90 Å². The topological polar surface area (TPSA) is 87.5 Å². The van der Waals surface area contributed by atoms with E-state index in [4.69, 9.17) is 5.73 Å². The predicted octanol–water partition coefficient (Wildman–Crippen LogP) is -0.746. The quantitative estimate of drug-likeness (QED) is 0.593. The molecule has 16 heavy (non-hydrogen) atoms. The highest BCUT2D eigenvalue weighted by molar-refractivity contribution is 5.96. The Morgan fingerprint density at radius 3 is 2.75 bits per heavy atom. The molecule has 1 heterocycles. The first kappa shape index (κ1) is 12.9. The average molecular weight is 228 g/mol. The van der Waals surface area contributed by atoms with E-state index in [0.717, 1.165) is 13.0 Å². The highest BCUT2D eigenvalue weighted by Crippen LogP contribution is 2.10. The predicted molar refractivity (Wildman–Crippen MR) is 60.8 cm³/mol. The molecule has 0 bridgehead atoms. The van der Waals surface area contributed by atoms with E-state index in [-0.39, 0.29) is 18.0 Å². The van der Waals surface area contributed by atoms with Gasteiger partial charge in [0.2, 0.25) is 5.91 Å². The summed E-state index contributed by atoms with van der Waals surface area (Å²) in [6.07, 6.45) is 0.902. The van der Waals surface area contributed by atoms with Gasteiger partial charge < -0.3 is 11.1 Å². The molecule has 2 unspecified atom stereocenters. The van der Waals surface area contributed by atoms with Gasteiger partial charge in [-0.05, 0) is 20.3 Å². The number of imide groups is 1. The molecule has 6 heteroatoms. The fourth-order valence-corrected chi connectivity index (χ4v) is 1.75. The molecule has 6 nitrogen and oxygen atoms in total. The third kappa shape index (κ3) is 3.46.